The zero-order chi connectivity index (χ0) is 13.8. The van der Waals surface area contributed by atoms with Crippen LogP contribution >= 0.6 is 0 Å². The fourth-order valence-corrected chi connectivity index (χ4v) is 2.14. The largest absolute Gasteiger partial charge is 0.459 e. The minimum absolute atomic E-state index is 0.448. The predicted molar refractivity (Wildman–Crippen MR) is 79.3 cm³/mol. The molecule has 0 fully saturated rings. The van der Waals surface area contributed by atoms with Gasteiger partial charge in [0, 0.05) is 11.1 Å². The first-order chi connectivity index (χ1) is 9.85. The van der Waals surface area contributed by atoms with E-state index in [0.717, 1.165) is 28.0 Å². The van der Waals surface area contributed by atoms with E-state index in [-0.39, 0.29) is 0 Å². The maximum absolute atomic E-state index is 8.63. The summed E-state index contributed by atoms with van der Waals surface area (Å²) in [4.78, 5) is 0. The van der Waals surface area contributed by atoms with Gasteiger partial charge in [-0.25, -0.2) is 0 Å². The van der Waals surface area contributed by atoms with E-state index >= 15 is 0 Å². The number of rotatable bonds is 4. The highest BCUT2D eigenvalue weighted by Gasteiger charge is 2.02. The molecule has 3 rings (SSSR count). The summed E-state index contributed by atoms with van der Waals surface area (Å²) in [5, 5.41) is 13.1. The van der Waals surface area contributed by atoms with Crippen molar-refractivity contribution in [3.63, 3.8) is 0 Å². The van der Waals surface area contributed by atoms with E-state index in [2.05, 4.69) is 11.4 Å². The number of benzene rings is 2. The summed E-state index contributed by atoms with van der Waals surface area (Å²) < 4.78 is 5.75. The first-order valence-corrected chi connectivity index (χ1v) is 6.52. The number of furan rings is 1. The van der Waals surface area contributed by atoms with E-state index in [4.69, 9.17) is 9.68 Å². The first-order valence-electron chi connectivity index (χ1n) is 6.52. The van der Waals surface area contributed by atoms with Crippen LogP contribution < -0.4 is 5.32 Å². The topological polar surface area (TPSA) is 49.0 Å². The van der Waals surface area contributed by atoms with Crippen LogP contribution in [-0.2, 0) is 13.0 Å². The molecule has 0 spiro atoms. The smallest absolute Gasteiger partial charge is 0.134 e. The molecule has 1 aromatic heterocycles. The molecule has 0 amide bonds. The van der Waals surface area contributed by atoms with Gasteiger partial charge in [0.1, 0.15) is 11.3 Å². The van der Waals surface area contributed by atoms with Gasteiger partial charge in [-0.2, -0.15) is 5.26 Å². The lowest BCUT2D eigenvalue weighted by molar-refractivity contribution is 0.559. The molecule has 0 atom stereocenters. The Morgan fingerprint density at radius 3 is 2.60 bits per heavy atom. The van der Waals surface area contributed by atoms with Crippen LogP contribution in [0, 0.1) is 11.3 Å². The fraction of sp³-hybridized carbons (Fsp3) is 0.118. The Kier molecular flexibility index (Phi) is 3.38. The van der Waals surface area contributed by atoms with Crippen LogP contribution in [0.25, 0.3) is 11.0 Å². The normalized spacial score (nSPS) is 10.3. The molecule has 98 valence electrons. The maximum atomic E-state index is 8.63. The second-order valence-electron chi connectivity index (χ2n) is 4.64. The molecule has 0 saturated heterocycles. The highest BCUT2D eigenvalue weighted by atomic mass is 16.3. The predicted octanol–water partition coefficient (Wildman–Crippen LogP) is 4.11. The highest BCUT2D eigenvalue weighted by Crippen LogP contribution is 2.20. The molecule has 0 bridgehead atoms. The van der Waals surface area contributed by atoms with Gasteiger partial charge in [-0.05, 0) is 29.8 Å². The Morgan fingerprint density at radius 1 is 1.05 bits per heavy atom. The molecule has 0 saturated carbocycles. The second-order valence-corrected chi connectivity index (χ2v) is 4.64. The van der Waals surface area contributed by atoms with Crippen LogP contribution in [0.5, 0.6) is 0 Å². The quantitative estimate of drug-likeness (QED) is 0.769. The van der Waals surface area contributed by atoms with Gasteiger partial charge in [0.2, 0.25) is 0 Å². The van der Waals surface area contributed by atoms with E-state index in [1.165, 1.54) is 0 Å². The number of fused-ring (bicyclic) bond motifs is 1. The number of hydrogen-bond donors (Lipinski definition) is 1. The van der Waals surface area contributed by atoms with Gasteiger partial charge in [-0.3, -0.25) is 0 Å². The summed E-state index contributed by atoms with van der Waals surface area (Å²) in [7, 11) is 0. The number of anilines is 1. The summed E-state index contributed by atoms with van der Waals surface area (Å²) in [6, 6.07) is 20.1. The molecular weight excluding hydrogens is 248 g/mol. The van der Waals surface area contributed by atoms with E-state index in [1.54, 1.807) is 0 Å². The average molecular weight is 262 g/mol. The van der Waals surface area contributed by atoms with Crippen molar-refractivity contribution in [1.29, 1.82) is 5.26 Å². The highest BCUT2D eigenvalue weighted by molar-refractivity contribution is 5.77. The van der Waals surface area contributed by atoms with Crippen molar-refractivity contribution in [3.8, 4) is 6.07 Å². The second kappa shape index (κ2) is 5.50. The summed E-state index contributed by atoms with van der Waals surface area (Å²) in [6.45, 7) is 0.645. The zero-order valence-corrected chi connectivity index (χ0v) is 11.0. The van der Waals surface area contributed by atoms with Crippen molar-refractivity contribution in [2.45, 2.75) is 13.0 Å². The van der Waals surface area contributed by atoms with Crippen molar-refractivity contribution in [2.75, 3.05) is 5.32 Å². The minimum atomic E-state index is 0.448. The third-order valence-electron chi connectivity index (χ3n) is 3.18. The molecule has 0 aliphatic rings. The Hall–Kier alpha value is -2.73. The van der Waals surface area contributed by atoms with Crippen molar-refractivity contribution in [1.82, 2.24) is 0 Å². The van der Waals surface area contributed by atoms with Crippen LogP contribution in [0.1, 0.15) is 11.3 Å². The van der Waals surface area contributed by atoms with Crippen LogP contribution in [-0.4, -0.2) is 0 Å². The molecule has 3 nitrogen and oxygen atoms in total. The van der Waals surface area contributed by atoms with Gasteiger partial charge in [-0.15, -0.1) is 0 Å². The van der Waals surface area contributed by atoms with Gasteiger partial charge in [-0.1, -0.05) is 30.3 Å². The third-order valence-corrected chi connectivity index (χ3v) is 3.18. The van der Waals surface area contributed by atoms with Gasteiger partial charge >= 0.3 is 0 Å². The summed E-state index contributed by atoms with van der Waals surface area (Å²) in [5.74, 6) is 0.910. The Balaban J connectivity index is 1.68. The standard InChI is InChI=1S/C17H14N2O/c18-10-9-13-5-7-15(8-6-13)19-12-16-11-14-3-1-2-4-17(14)20-16/h1-8,11,19H,9,12H2. The van der Waals surface area contributed by atoms with Gasteiger partial charge in [0.15, 0.2) is 0 Å². The van der Waals surface area contributed by atoms with E-state index in [9.17, 15) is 0 Å². The first kappa shape index (κ1) is 12.3. The Labute approximate surface area is 117 Å². The van der Waals surface area contributed by atoms with Crippen molar-refractivity contribution in [3.05, 3.63) is 65.9 Å². The van der Waals surface area contributed by atoms with Crippen LogP contribution in [0.15, 0.2) is 59.0 Å². The molecule has 0 unspecified atom stereocenters. The van der Waals surface area contributed by atoms with Crippen molar-refractivity contribution < 1.29 is 4.42 Å². The lowest BCUT2D eigenvalue weighted by Crippen LogP contribution is -1.97. The van der Waals surface area contributed by atoms with Crippen LogP contribution in [0.2, 0.25) is 0 Å². The maximum Gasteiger partial charge on any atom is 0.134 e. The third kappa shape index (κ3) is 2.65. The molecule has 0 aliphatic heterocycles. The van der Waals surface area contributed by atoms with E-state index in [0.29, 0.717) is 13.0 Å². The molecule has 1 heterocycles. The number of nitrogens with zero attached hydrogens (tertiary/aromatic N) is 1. The average Bonchev–Trinajstić information content (AvgIpc) is 2.90. The lowest BCUT2D eigenvalue weighted by atomic mass is 10.1. The minimum Gasteiger partial charge on any atom is -0.459 e. The molecule has 1 N–H and O–H groups in total. The lowest BCUT2D eigenvalue weighted by Gasteiger charge is -2.04. The SMILES string of the molecule is N#CCc1ccc(NCc2cc3ccccc3o2)cc1. The van der Waals surface area contributed by atoms with Crippen molar-refractivity contribution >= 4 is 16.7 Å². The van der Waals surface area contributed by atoms with Gasteiger partial charge in [0.05, 0.1) is 19.0 Å². The number of nitrogens with one attached hydrogen (secondary N) is 1. The van der Waals surface area contributed by atoms with E-state index in [1.807, 2.05) is 54.6 Å². The molecule has 3 heteroatoms. The summed E-state index contributed by atoms with van der Waals surface area (Å²) >= 11 is 0. The Morgan fingerprint density at radius 2 is 1.85 bits per heavy atom. The van der Waals surface area contributed by atoms with Crippen LogP contribution in [0.3, 0.4) is 0 Å². The molecule has 3 aromatic rings. The monoisotopic (exact) mass is 262 g/mol. The number of para-hydroxylation sites is 1. The molecule has 0 radical (unpaired) electrons. The Bertz CT molecular complexity index is 718. The zero-order valence-electron chi connectivity index (χ0n) is 11.0. The number of hydrogen-bond acceptors (Lipinski definition) is 3. The number of nitriles is 1. The molecule has 0 aliphatic carbocycles. The molecule has 2 aromatic carbocycles. The van der Waals surface area contributed by atoms with Crippen molar-refractivity contribution in [2.24, 2.45) is 0 Å². The summed E-state index contributed by atoms with van der Waals surface area (Å²) in [6.07, 6.45) is 0.448. The summed E-state index contributed by atoms with van der Waals surface area (Å²) in [5.41, 5.74) is 2.96. The molecule has 20 heavy (non-hydrogen) atoms. The van der Waals surface area contributed by atoms with Crippen LogP contribution in [0.4, 0.5) is 5.69 Å². The molecular formula is C17H14N2O. The van der Waals surface area contributed by atoms with E-state index < -0.39 is 0 Å². The van der Waals surface area contributed by atoms with Gasteiger partial charge < -0.3 is 9.73 Å². The fourth-order valence-electron chi connectivity index (χ4n) is 2.14. The van der Waals surface area contributed by atoms with Gasteiger partial charge in [0.25, 0.3) is 0 Å².